The van der Waals surface area contributed by atoms with Gasteiger partial charge < -0.3 is 10.1 Å². The van der Waals surface area contributed by atoms with Crippen LogP contribution in [0, 0.1) is 5.82 Å². The van der Waals surface area contributed by atoms with Crippen LogP contribution in [0.2, 0.25) is 0 Å². The van der Waals surface area contributed by atoms with Crippen molar-refractivity contribution in [2.45, 2.75) is 50.2 Å². The van der Waals surface area contributed by atoms with E-state index in [1.807, 2.05) is 7.05 Å². The highest BCUT2D eigenvalue weighted by molar-refractivity contribution is 5.39. The fourth-order valence-corrected chi connectivity index (χ4v) is 3.40. The Bertz CT molecular complexity index is 440. The molecule has 1 unspecified atom stereocenters. The van der Waals surface area contributed by atoms with E-state index in [0.29, 0.717) is 0 Å². The average molecular weight is 249 g/mol. The van der Waals surface area contributed by atoms with E-state index < -0.39 is 0 Å². The summed E-state index contributed by atoms with van der Waals surface area (Å²) in [6, 6.07) is 5.09. The first-order valence-electron chi connectivity index (χ1n) is 6.88. The molecule has 0 saturated heterocycles. The lowest BCUT2D eigenvalue weighted by atomic mass is 9.77. The molecule has 1 N–H and O–H groups in total. The predicted octanol–water partition coefficient (Wildman–Crippen LogP) is 3.57. The van der Waals surface area contributed by atoms with Crippen LogP contribution in [-0.4, -0.2) is 12.6 Å². The summed E-state index contributed by atoms with van der Waals surface area (Å²) in [5.41, 5.74) is 0.949. The highest BCUT2D eigenvalue weighted by Crippen LogP contribution is 2.46. The van der Waals surface area contributed by atoms with Crippen LogP contribution in [-0.2, 0) is 0 Å². The summed E-state index contributed by atoms with van der Waals surface area (Å²) in [6.45, 7) is 0. The molecule has 0 amide bonds. The summed E-state index contributed by atoms with van der Waals surface area (Å²) in [4.78, 5) is 0. The first kappa shape index (κ1) is 12.0. The molecule has 2 nitrogen and oxygen atoms in total. The Hall–Kier alpha value is -1.09. The number of hydrogen-bond acceptors (Lipinski definition) is 2. The van der Waals surface area contributed by atoms with Gasteiger partial charge in [0, 0.05) is 18.0 Å². The van der Waals surface area contributed by atoms with Crippen molar-refractivity contribution in [2.24, 2.45) is 0 Å². The number of halogens is 1. The molecule has 1 saturated carbocycles. The average Bonchev–Trinajstić information content (AvgIpc) is 2.39. The van der Waals surface area contributed by atoms with Crippen LogP contribution in [0.1, 0.15) is 50.1 Å². The minimum atomic E-state index is -0.183. The fraction of sp³-hybridized carbons (Fsp3) is 0.600. The highest BCUT2D eigenvalue weighted by atomic mass is 19.1. The quantitative estimate of drug-likeness (QED) is 0.821. The third-order valence-corrected chi connectivity index (χ3v) is 4.36. The van der Waals surface area contributed by atoms with Crippen molar-refractivity contribution < 1.29 is 9.13 Å². The lowest BCUT2D eigenvalue weighted by Crippen LogP contribution is -2.45. The van der Waals surface area contributed by atoms with Gasteiger partial charge in [-0.2, -0.15) is 0 Å². The second-order valence-corrected chi connectivity index (χ2v) is 5.57. The number of nitrogens with one attached hydrogen (secondary N) is 1. The lowest BCUT2D eigenvalue weighted by molar-refractivity contribution is -0.00191. The molecule has 1 aliphatic heterocycles. The molecule has 0 bridgehead atoms. The standard InChI is InChI=1S/C15H20FNO/c1-17-13-10-15(7-3-2-4-8-15)18-14-6-5-11(16)9-12(13)14/h5-6,9,13,17H,2-4,7-8,10H2,1H3. The molecule has 1 atom stereocenters. The number of ether oxygens (including phenoxy) is 1. The molecule has 1 spiro atoms. The molecule has 1 fully saturated rings. The van der Waals surface area contributed by atoms with Gasteiger partial charge in [-0.05, 0) is 50.9 Å². The van der Waals surface area contributed by atoms with E-state index in [-0.39, 0.29) is 17.5 Å². The van der Waals surface area contributed by atoms with Crippen LogP contribution >= 0.6 is 0 Å². The number of rotatable bonds is 1. The van der Waals surface area contributed by atoms with E-state index in [2.05, 4.69) is 5.32 Å². The lowest BCUT2D eigenvalue weighted by Gasteiger charge is -2.44. The van der Waals surface area contributed by atoms with Crippen molar-refractivity contribution in [1.82, 2.24) is 5.32 Å². The Morgan fingerprint density at radius 3 is 2.78 bits per heavy atom. The summed E-state index contributed by atoms with van der Waals surface area (Å²) in [7, 11) is 1.95. The summed E-state index contributed by atoms with van der Waals surface area (Å²) >= 11 is 0. The van der Waals surface area contributed by atoms with Gasteiger partial charge in [0.2, 0.25) is 0 Å². The summed E-state index contributed by atoms with van der Waals surface area (Å²) < 4.78 is 19.6. The summed E-state index contributed by atoms with van der Waals surface area (Å²) in [6.07, 6.45) is 7.01. The van der Waals surface area contributed by atoms with Crippen molar-refractivity contribution in [3.8, 4) is 5.75 Å². The molecule has 18 heavy (non-hydrogen) atoms. The highest BCUT2D eigenvalue weighted by Gasteiger charge is 2.41. The fourth-order valence-electron chi connectivity index (χ4n) is 3.40. The molecule has 1 aromatic carbocycles. The maximum Gasteiger partial charge on any atom is 0.125 e. The van der Waals surface area contributed by atoms with Gasteiger partial charge in [-0.25, -0.2) is 4.39 Å². The molecule has 0 aromatic heterocycles. The topological polar surface area (TPSA) is 21.3 Å². The minimum Gasteiger partial charge on any atom is -0.487 e. The Labute approximate surface area is 108 Å². The third kappa shape index (κ3) is 2.01. The van der Waals surface area contributed by atoms with Gasteiger partial charge >= 0.3 is 0 Å². The Morgan fingerprint density at radius 1 is 1.28 bits per heavy atom. The van der Waals surface area contributed by atoms with E-state index in [4.69, 9.17) is 4.74 Å². The zero-order valence-electron chi connectivity index (χ0n) is 10.8. The largest absolute Gasteiger partial charge is 0.487 e. The molecule has 2 aliphatic rings. The third-order valence-electron chi connectivity index (χ3n) is 4.36. The van der Waals surface area contributed by atoms with Crippen LogP contribution < -0.4 is 10.1 Å². The van der Waals surface area contributed by atoms with Crippen LogP contribution in [0.5, 0.6) is 5.75 Å². The molecule has 98 valence electrons. The van der Waals surface area contributed by atoms with E-state index in [1.165, 1.54) is 25.3 Å². The van der Waals surface area contributed by atoms with E-state index in [1.54, 1.807) is 12.1 Å². The molecule has 0 radical (unpaired) electrons. The zero-order chi connectivity index (χ0) is 12.6. The Morgan fingerprint density at radius 2 is 2.06 bits per heavy atom. The maximum absolute atomic E-state index is 13.4. The van der Waals surface area contributed by atoms with Gasteiger partial charge in [0.05, 0.1) is 0 Å². The molecule has 3 rings (SSSR count). The van der Waals surface area contributed by atoms with Gasteiger partial charge in [-0.3, -0.25) is 0 Å². The predicted molar refractivity (Wildman–Crippen MR) is 69.3 cm³/mol. The van der Waals surface area contributed by atoms with Crippen molar-refractivity contribution in [3.05, 3.63) is 29.6 Å². The van der Waals surface area contributed by atoms with Crippen LogP contribution in [0.3, 0.4) is 0 Å². The molecule has 3 heteroatoms. The van der Waals surface area contributed by atoms with Gasteiger partial charge in [0.25, 0.3) is 0 Å². The van der Waals surface area contributed by atoms with Crippen molar-refractivity contribution in [2.75, 3.05) is 7.05 Å². The smallest absolute Gasteiger partial charge is 0.125 e. The van der Waals surface area contributed by atoms with Crippen LogP contribution in [0.25, 0.3) is 0 Å². The van der Waals surface area contributed by atoms with Gasteiger partial charge in [-0.1, -0.05) is 6.42 Å². The van der Waals surface area contributed by atoms with Crippen molar-refractivity contribution in [1.29, 1.82) is 0 Å². The second-order valence-electron chi connectivity index (χ2n) is 5.57. The zero-order valence-corrected chi connectivity index (χ0v) is 10.8. The summed E-state index contributed by atoms with van der Waals surface area (Å²) in [5, 5.41) is 3.31. The number of hydrogen-bond donors (Lipinski definition) is 1. The Kier molecular flexibility index (Phi) is 3.02. The maximum atomic E-state index is 13.4. The van der Waals surface area contributed by atoms with E-state index in [0.717, 1.165) is 30.6 Å². The first-order valence-corrected chi connectivity index (χ1v) is 6.88. The van der Waals surface area contributed by atoms with E-state index in [9.17, 15) is 4.39 Å². The normalized spacial score (nSPS) is 25.6. The number of fused-ring (bicyclic) bond motifs is 1. The molecule has 1 aromatic rings. The van der Waals surface area contributed by atoms with E-state index >= 15 is 0 Å². The second kappa shape index (κ2) is 4.54. The molecule has 1 heterocycles. The SMILES string of the molecule is CNC1CC2(CCCCC2)Oc2ccc(F)cc21. The minimum absolute atomic E-state index is 0.0171. The monoisotopic (exact) mass is 249 g/mol. The van der Waals surface area contributed by atoms with Crippen molar-refractivity contribution in [3.63, 3.8) is 0 Å². The van der Waals surface area contributed by atoms with Crippen molar-refractivity contribution >= 4 is 0 Å². The molecule has 1 aliphatic carbocycles. The molecular weight excluding hydrogens is 229 g/mol. The van der Waals surface area contributed by atoms with Gasteiger partial charge in [-0.15, -0.1) is 0 Å². The van der Waals surface area contributed by atoms with Gasteiger partial charge in [0.15, 0.2) is 0 Å². The van der Waals surface area contributed by atoms with Crippen LogP contribution in [0.4, 0.5) is 4.39 Å². The Balaban J connectivity index is 1.96. The molecular formula is C15H20FNO. The first-order chi connectivity index (χ1) is 8.72. The van der Waals surface area contributed by atoms with Crippen LogP contribution in [0.15, 0.2) is 18.2 Å². The number of benzene rings is 1. The summed E-state index contributed by atoms with van der Waals surface area (Å²) in [5.74, 6) is 0.682. The van der Waals surface area contributed by atoms with Gasteiger partial charge in [0.1, 0.15) is 17.2 Å².